The molecule has 2 amide bonds. The Kier molecular flexibility index (Phi) is 7.85. The quantitative estimate of drug-likeness (QED) is 0.494. The van der Waals surface area contributed by atoms with Crippen LogP contribution in [-0.4, -0.2) is 86.3 Å². The van der Waals surface area contributed by atoms with Gasteiger partial charge < -0.3 is 9.80 Å². The first-order valence-corrected chi connectivity index (χ1v) is 15.6. The average molecular weight is 569 g/mol. The molecule has 2 atom stereocenters. The molecule has 0 aliphatic carbocycles. The van der Waals surface area contributed by atoms with Crippen LogP contribution < -0.4 is 4.72 Å². The van der Waals surface area contributed by atoms with Gasteiger partial charge in [-0.25, -0.2) is 8.42 Å². The molecule has 0 radical (unpaired) electrons. The van der Waals surface area contributed by atoms with E-state index in [-0.39, 0.29) is 28.6 Å². The molecule has 0 saturated carbocycles. The van der Waals surface area contributed by atoms with Gasteiger partial charge in [0.05, 0.1) is 10.9 Å². The highest BCUT2D eigenvalue weighted by molar-refractivity contribution is 7.91. The van der Waals surface area contributed by atoms with Crippen molar-refractivity contribution in [1.82, 2.24) is 19.4 Å². The lowest BCUT2D eigenvalue weighted by atomic mass is 10.1. The van der Waals surface area contributed by atoms with Crippen molar-refractivity contribution in [3.8, 4) is 9.75 Å². The lowest BCUT2D eigenvalue weighted by molar-refractivity contribution is -0.143. The number of nitrogens with zero attached hydrogens (tertiary/aromatic N) is 3. The van der Waals surface area contributed by atoms with Crippen LogP contribution in [0.25, 0.3) is 9.75 Å². The van der Waals surface area contributed by atoms with Crippen molar-refractivity contribution in [2.24, 2.45) is 0 Å². The summed E-state index contributed by atoms with van der Waals surface area (Å²) in [5, 5.41) is 0. The largest absolute Gasteiger partial charge is 0.337 e. The van der Waals surface area contributed by atoms with E-state index < -0.39 is 16.1 Å². The molecule has 3 aliphatic rings. The molecule has 1 N–H and O–H groups in total. The normalized spacial score (nSPS) is 23.2. The molecule has 36 heavy (non-hydrogen) atoms. The lowest BCUT2D eigenvalue weighted by Crippen LogP contribution is -2.55. The van der Waals surface area contributed by atoms with E-state index >= 15 is 0 Å². The molecular formula is C24H29ClN4O4S3. The average Bonchev–Trinajstić information content (AvgIpc) is 3.64. The third-order valence-corrected chi connectivity index (χ3v) is 11.4. The summed E-state index contributed by atoms with van der Waals surface area (Å²) in [6, 6.07) is 6.22. The molecule has 5 heterocycles. The second-order valence-electron chi connectivity index (χ2n) is 9.37. The standard InChI is InChI=1S/C24H29ClN4O4S3/c25-21-9-7-19(34-21)20-8-10-23(35-20)36(32,33)26-18-6-4-13-28(24(18)31)16-22(30)29-14-3-5-17(29)15-27-11-1-2-12-27/h1-2,7-10,17-18,26H,3-6,11-16H2. The molecule has 3 aliphatic heterocycles. The van der Waals surface area contributed by atoms with Crippen molar-refractivity contribution < 1.29 is 18.0 Å². The number of amides is 2. The van der Waals surface area contributed by atoms with E-state index in [1.807, 2.05) is 11.0 Å². The van der Waals surface area contributed by atoms with E-state index in [1.54, 1.807) is 18.2 Å². The first kappa shape index (κ1) is 25.9. The van der Waals surface area contributed by atoms with Gasteiger partial charge in [-0.3, -0.25) is 14.5 Å². The third kappa shape index (κ3) is 5.71. The minimum Gasteiger partial charge on any atom is -0.337 e. The maximum atomic E-state index is 13.2. The number of thiophene rings is 2. The number of rotatable bonds is 8. The van der Waals surface area contributed by atoms with E-state index in [0.29, 0.717) is 30.3 Å². The molecule has 12 heteroatoms. The molecular weight excluding hydrogens is 540 g/mol. The zero-order valence-electron chi connectivity index (χ0n) is 19.8. The summed E-state index contributed by atoms with van der Waals surface area (Å²) in [4.78, 5) is 33.8. The molecule has 0 bridgehead atoms. The van der Waals surface area contributed by atoms with Gasteiger partial charge >= 0.3 is 0 Å². The zero-order chi connectivity index (χ0) is 25.3. The fourth-order valence-electron chi connectivity index (χ4n) is 5.07. The summed E-state index contributed by atoms with van der Waals surface area (Å²) in [7, 11) is -3.88. The fraction of sp³-hybridized carbons (Fsp3) is 0.500. The van der Waals surface area contributed by atoms with Crippen molar-refractivity contribution in [2.75, 3.05) is 39.3 Å². The summed E-state index contributed by atoms with van der Waals surface area (Å²) in [6.07, 6.45) is 7.27. The summed E-state index contributed by atoms with van der Waals surface area (Å²) in [5.41, 5.74) is 0. The molecule has 2 saturated heterocycles. The topological polar surface area (TPSA) is 90.0 Å². The summed E-state index contributed by atoms with van der Waals surface area (Å²) in [5.74, 6) is -0.390. The van der Waals surface area contributed by atoms with E-state index in [0.717, 1.165) is 53.6 Å². The number of hydrogen-bond acceptors (Lipinski definition) is 7. The number of carbonyl (C=O) groups excluding carboxylic acids is 2. The second-order valence-corrected chi connectivity index (χ2v) is 14.1. The Labute approximate surface area is 224 Å². The van der Waals surface area contributed by atoms with Crippen LogP contribution in [0.4, 0.5) is 0 Å². The fourth-order valence-corrected chi connectivity index (χ4v) is 8.75. The number of nitrogens with one attached hydrogen (secondary N) is 1. The summed E-state index contributed by atoms with van der Waals surface area (Å²) < 4.78 is 29.5. The highest BCUT2D eigenvalue weighted by Crippen LogP contribution is 2.37. The number of sulfonamides is 1. The molecule has 2 aromatic rings. The Morgan fingerprint density at radius 1 is 1.03 bits per heavy atom. The zero-order valence-corrected chi connectivity index (χ0v) is 23.0. The van der Waals surface area contributed by atoms with Gasteiger partial charge in [-0.2, -0.15) is 4.72 Å². The van der Waals surface area contributed by atoms with Crippen LogP contribution in [0.15, 0.2) is 40.6 Å². The van der Waals surface area contributed by atoms with Gasteiger partial charge in [-0.05, 0) is 49.9 Å². The Hall–Kier alpha value is -1.76. The SMILES string of the molecule is O=C1C(NS(=O)(=O)c2ccc(-c3ccc(Cl)s3)s2)CCCN1CC(=O)N1CCCC1CN1CC=CC1. The minimum atomic E-state index is -3.88. The number of piperidine rings is 1. The van der Waals surface area contributed by atoms with Crippen LogP contribution in [-0.2, 0) is 19.6 Å². The Balaban J connectivity index is 1.20. The van der Waals surface area contributed by atoms with Gasteiger partial charge in [0.1, 0.15) is 10.3 Å². The van der Waals surface area contributed by atoms with Crippen LogP contribution in [0.5, 0.6) is 0 Å². The Bertz CT molecular complexity index is 1250. The van der Waals surface area contributed by atoms with E-state index in [4.69, 9.17) is 11.6 Å². The van der Waals surface area contributed by atoms with Gasteiger partial charge in [0.25, 0.3) is 10.0 Å². The van der Waals surface area contributed by atoms with Crippen molar-refractivity contribution >= 4 is 56.1 Å². The number of hydrogen-bond donors (Lipinski definition) is 1. The van der Waals surface area contributed by atoms with Gasteiger partial charge in [-0.1, -0.05) is 23.8 Å². The van der Waals surface area contributed by atoms with Gasteiger partial charge in [0, 0.05) is 48.5 Å². The molecule has 0 spiro atoms. The predicted molar refractivity (Wildman–Crippen MR) is 143 cm³/mol. The molecule has 8 nitrogen and oxygen atoms in total. The van der Waals surface area contributed by atoms with E-state index in [9.17, 15) is 18.0 Å². The van der Waals surface area contributed by atoms with E-state index in [2.05, 4.69) is 21.8 Å². The number of likely N-dealkylation sites (tertiary alicyclic amines) is 2. The Morgan fingerprint density at radius 2 is 1.75 bits per heavy atom. The van der Waals surface area contributed by atoms with Crippen LogP contribution in [0, 0.1) is 0 Å². The molecule has 5 rings (SSSR count). The minimum absolute atomic E-state index is 0.00585. The van der Waals surface area contributed by atoms with Crippen LogP contribution >= 0.6 is 34.3 Å². The molecule has 0 aromatic carbocycles. The van der Waals surface area contributed by atoms with E-state index in [1.165, 1.54) is 16.2 Å². The summed E-state index contributed by atoms with van der Waals surface area (Å²) in [6.45, 7) is 3.83. The highest BCUT2D eigenvalue weighted by Gasteiger charge is 2.36. The first-order chi connectivity index (χ1) is 17.3. The van der Waals surface area contributed by atoms with Crippen molar-refractivity contribution in [3.05, 3.63) is 40.8 Å². The van der Waals surface area contributed by atoms with Crippen LogP contribution in [0.2, 0.25) is 4.34 Å². The maximum absolute atomic E-state index is 13.2. The second kappa shape index (κ2) is 10.9. The molecule has 194 valence electrons. The van der Waals surface area contributed by atoms with Crippen LogP contribution in [0.3, 0.4) is 0 Å². The first-order valence-electron chi connectivity index (χ1n) is 12.1. The van der Waals surface area contributed by atoms with Gasteiger partial charge in [0.15, 0.2) is 0 Å². The number of halogens is 1. The number of carbonyl (C=O) groups is 2. The lowest BCUT2D eigenvalue weighted by Gasteiger charge is -2.34. The van der Waals surface area contributed by atoms with Crippen molar-refractivity contribution in [3.63, 3.8) is 0 Å². The molecule has 2 aromatic heterocycles. The molecule has 2 fully saturated rings. The predicted octanol–water partition coefficient (Wildman–Crippen LogP) is 3.26. The van der Waals surface area contributed by atoms with Crippen LogP contribution in [0.1, 0.15) is 25.7 Å². The van der Waals surface area contributed by atoms with Gasteiger partial charge in [-0.15, -0.1) is 22.7 Å². The van der Waals surface area contributed by atoms with Crippen molar-refractivity contribution in [2.45, 2.75) is 42.0 Å². The molecule has 2 unspecified atom stereocenters. The Morgan fingerprint density at radius 3 is 2.50 bits per heavy atom. The van der Waals surface area contributed by atoms with Gasteiger partial charge in [0.2, 0.25) is 11.8 Å². The monoisotopic (exact) mass is 568 g/mol. The third-order valence-electron chi connectivity index (χ3n) is 6.88. The maximum Gasteiger partial charge on any atom is 0.250 e. The smallest absolute Gasteiger partial charge is 0.250 e. The summed E-state index contributed by atoms with van der Waals surface area (Å²) >= 11 is 8.54. The van der Waals surface area contributed by atoms with Crippen molar-refractivity contribution in [1.29, 1.82) is 0 Å². The highest BCUT2D eigenvalue weighted by atomic mass is 35.5.